The highest BCUT2D eigenvalue weighted by Gasteiger charge is 2.34. The second kappa shape index (κ2) is 14.8. The number of rotatable bonds is 16. The number of aromatic nitrogens is 4. The summed E-state index contributed by atoms with van der Waals surface area (Å²) in [6, 6.07) is 0. The lowest BCUT2D eigenvalue weighted by molar-refractivity contribution is -0.277. The SMILES string of the molecule is O=C(CC(SCCS(=O)(=O)O)c1cncc(OC(F)(F)F)n1)CC(SCCS(=O)(=O)O)c1cncc(OC(F)(F)F)n1. The highest BCUT2D eigenvalue weighted by atomic mass is 32.2. The van der Waals surface area contributed by atoms with Crippen LogP contribution in [-0.4, -0.2) is 87.4 Å². The molecule has 0 aliphatic rings. The number of nitrogens with zero attached hydrogens (tertiary/aromatic N) is 4. The summed E-state index contributed by atoms with van der Waals surface area (Å²) in [5, 5.41) is -2.28. The largest absolute Gasteiger partial charge is 0.574 e. The van der Waals surface area contributed by atoms with Crippen LogP contribution in [0.2, 0.25) is 0 Å². The molecule has 2 rings (SSSR count). The first kappa shape index (κ1) is 35.7. The fourth-order valence-corrected chi connectivity index (χ4v) is 7.16. The Kier molecular flexibility index (Phi) is 12.6. The van der Waals surface area contributed by atoms with E-state index in [2.05, 4.69) is 29.4 Å². The first-order chi connectivity index (χ1) is 19.2. The van der Waals surface area contributed by atoms with Gasteiger partial charge in [0.2, 0.25) is 11.8 Å². The van der Waals surface area contributed by atoms with Gasteiger partial charge < -0.3 is 9.47 Å². The maximum atomic E-state index is 13.1. The van der Waals surface area contributed by atoms with E-state index in [-0.39, 0.29) is 22.9 Å². The Hall–Kier alpha value is -2.47. The summed E-state index contributed by atoms with van der Waals surface area (Å²) in [4.78, 5) is 27.5. The molecule has 0 aromatic carbocycles. The fraction of sp³-hybridized carbons (Fsp3) is 0.526. The summed E-state index contributed by atoms with van der Waals surface area (Å²) >= 11 is 1.44. The minimum absolute atomic E-state index is 0.235. The van der Waals surface area contributed by atoms with E-state index < -0.39 is 85.4 Å². The highest BCUT2D eigenvalue weighted by molar-refractivity contribution is 8.00. The molecule has 0 bridgehead atoms. The van der Waals surface area contributed by atoms with Crippen molar-refractivity contribution in [3.63, 3.8) is 0 Å². The third-order valence-electron chi connectivity index (χ3n) is 4.51. The minimum Gasteiger partial charge on any atom is -0.386 e. The van der Waals surface area contributed by atoms with Crippen molar-refractivity contribution in [3.8, 4) is 11.8 Å². The molecular weight excluding hydrogens is 670 g/mol. The van der Waals surface area contributed by atoms with Crippen molar-refractivity contribution < 1.29 is 66.6 Å². The van der Waals surface area contributed by atoms with Gasteiger partial charge in [0.25, 0.3) is 20.2 Å². The number of thioether (sulfide) groups is 2. The van der Waals surface area contributed by atoms with Gasteiger partial charge in [0, 0.05) is 36.7 Å². The maximum absolute atomic E-state index is 13.1. The van der Waals surface area contributed by atoms with Crippen LogP contribution in [0.5, 0.6) is 11.8 Å². The number of carbonyl (C=O) groups is 1. The number of hydrogen-bond donors (Lipinski definition) is 2. The standard InChI is InChI=1S/C19H20F6N4O9S4/c20-18(21,22)37-16-9-26-7-12(28-16)14(39-1-3-41(31,32)33)5-11(30)6-15(40-2-4-42(34,35)36)13-8-27-10-17(29-13)38-19(23,24)25/h7-10,14-15H,1-6H2,(H,31,32,33)(H,34,35,36). The molecule has 2 atom stereocenters. The van der Waals surface area contributed by atoms with E-state index in [0.717, 1.165) is 35.9 Å². The summed E-state index contributed by atoms with van der Waals surface area (Å²) < 4.78 is 146. The van der Waals surface area contributed by atoms with E-state index in [4.69, 9.17) is 9.11 Å². The zero-order valence-electron chi connectivity index (χ0n) is 20.6. The van der Waals surface area contributed by atoms with E-state index >= 15 is 0 Å². The van der Waals surface area contributed by atoms with E-state index in [1.165, 1.54) is 0 Å². The molecule has 2 aromatic rings. The lowest BCUT2D eigenvalue weighted by Gasteiger charge is -2.19. The van der Waals surface area contributed by atoms with Crippen molar-refractivity contribution in [2.24, 2.45) is 0 Å². The number of carbonyl (C=O) groups excluding carboxylic acids is 1. The summed E-state index contributed by atoms with van der Waals surface area (Å²) in [7, 11) is -8.90. The van der Waals surface area contributed by atoms with Gasteiger partial charge in [0.15, 0.2) is 0 Å². The summed E-state index contributed by atoms with van der Waals surface area (Å²) in [6.07, 6.45) is -8.09. The fourth-order valence-electron chi connectivity index (χ4n) is 2.96. The van der Waals surface area contributed by atoms with E-state index in [9.17, 15) is 48.0 Å². The van der Waals surface area contributed by atoms with Crippen molar-refractivity contribution in [3.05, 3.63) is 36.2 Å². The third-order valence-corrected chi connectivity index (χ3v) is 8.97. The smallest absolute Gasteiger partial charge is 0.386 e. The summed E-state index contributed by atoms with van der Waals surface area (Å²) in [5.74, 6) is -4.91. The lowest BCUT2D eigenvalue weighted by Crippen LogP contribution is -2.19. The Morgan fingerprint density at radius 3 is 1.40 bits per heavy atom. The molecule has 236 valence electrons. The number of ketones is 1. The Labute approximate surface area is 242 Å². The molecule has 0 aliphatic heterocycles. The van der Waals surface area contributed by atoms with Crippen LogP contribution in [0.1, 0.15) is 34.7 Å². The number of hydrogen-bond acceptors (Lipinski definition) is 13. The summed E-state index contributed by atoms with van der Waals surface area (Å²) in [5.41, 5.74) is -0.470. The van der Waals surface area contributed by atoms with E-state index in [1.807, 2.05) is 0 Å². The second-order valence-corrected chi connectivity index (χ2v) is 13.7. The number of alkyl halides is 6. The van der Waals surface area contributed by atoms with Crippen LogP contribution in [0.4, 0.5) is 26.3 Å². The predicted octanol–water partition coefficient (Wildman–Crippen LogP) is 3.44. The molecular formula is C19H20F6N4O9S4. The van der Waals surface area contributed by atoms with Gasteiger partial charge in [-0.15, -0.1) is 26.3 Å². The molecule has 2 aromatic heterocycles. The van der Waals surface area contributed by atoms with Crippen LogP contribution in [-0.2, 0) is 25.0 Å². The van der Waals surface area contributed by atoms with Gasteiger partial charge in [-0.3, -0.25) is 23.9 Å². The molecule has 0 saturated heterocycles. The van der Waals surface area contributed by atoms with Crippen molar-refractivity contribution in [1.82, 2.24) is 19.9 Å². The van der Waals surface area contributed by atoms with Gasteiger partial charge in [-0.05, 0) is 0 Å². The molecule has 0 radical (unpaired) electrons. The molecule has 0 aliphatic carbocycles. The first-order valence-corrected chi connectivity index (χ1v) is 16.3. The maximum Gasteiger partial charge on any atom is 0.574 e. The van der Waals surface area contributed by atoms with Crippen LogP contribution >= 0.6 is 23.5 Å². The predicted molar refractivity (Wildman–Crippen MR) is 135 cm³/mol. The molecule has 23 heteroatoms. The Morgan fingerprint density at radius 2 is 1.10 bits per heavy atom. The monoisotopic (exact) mass is 690 g/mol. The highest BCUT2D eigenvalue weighted by Crippen LogP contribution is 2.37. The van der Waals surface area contributed by atoms with Crippen molar-refractivity contribution in [2.45, 2.75) is 36.1 Å². The molecule has 2 N–H and O–H groups in total. The molecule has 0 spiro atoms. The quantitative estimate of drug-likeness (QED) is 0.192. The first-order valence-electron chi connectivity index (χ1n) is 11.0. The van der Waals surface area contributed by atoms with Gasteiger partial charge in [0.1, 0.15) is 5.78 Å². The van der Waals surface area contributed by atoms with Gasteiger partial charge >= 0.3 is 12.7 Å². The average molecular weight is 691 g/mol. The van der Waals surface area contributed by atoms with Crippen LogP contribution in [0.25, 0.3) is 0 Å². The zero-order valence-corrected chi connectivity index (χ0v) is 23.9. The second-order valence-electron chi connectivity index (χ2n) is 7.90. The lowest BCUT2D eigenvalue weighted by atomic mass is 10.1. The Balaban J connectivity index is 2.32. The minimum atomic E-state index is -5.13. The summed E-state index contributed by atoms with van der Waals surface area (Å²) in [6.45, 7) is 0. The van der Waals surface area contributed by atoms with Crippen LogP contribution in [0.15, 0.2) is 24.8 Å². The Bertz CT molecular complexity index is 1320. The van der Waals surface area contributed by atoms with Crippen molar-refractivity contribution in [1.29, 1.82) is 0 Å². The molecule has 0 amide bonds. The number of Topliss-reactive ketones (excluding diaryl/α,β-unsaturated/α-hetero) is 1. The van der Waals surface area contributed by atoms with Crippen LogP contribution in [0, 0.1) is 0 Å². The molecule has 13 nitrogen and oxygen atoms in total. The number of ether oxygens (including phenoxy) is 2. The zero-order chi connectivity index (χ0) is 31.8. The third kappa shape index (κ3) is 15.1. The van der Waals surface area contributed by atoms with Crippen LogP contribution in [0.3, 0.4) is 0 Å². The van der Waals surface area contributed by atoms with Gasteiger partial charge in [-0.1, -0.05) is 0 Å². The topological polar surface area (TPSA) is 196 Å². The molecule has 2 unspecified atom stereocenters. The average Bonchev–Trinajstić information content (AvgIpc) is 2.79. The Morgan fingerprint density at radius 1 is 0.738 bits per heavy atom. The molecule has 42 heavy (non-hydrogen) atoms. The molecule has 0 saturated carbocycles. The van der Waals surface area contributed by atoms with Crippen molar-refractivity contribution >= 4 is 49.5 Å². The molecule has 0 fully saturated rings. The molecule has 2 heterocycles. The van der Waals surface area contributed by atoms with Gasteiger partial charge in [0.05, 0.1) is 45.8 Å². The van der Waals surface area contributed by atoms with E-state index in [0.29, 0.717) is 12.4 Å². The van der Waals surface area contributed by atoms with E-state index in [1.54, 1.807) is 0 Å². The van der Waals surface area contributed by atoms with Crippen LogP contribution < -0.4 is 9.47 Å². The van der Waals surface area contributed by atoms with Gasteiger partial charge in [-0.2, -0.15) is 40.4 Å². The van der Waals surface area contributed by atoms with Gasteiger partial charge in [-0.25, -0.2) is 9.97 Å². The number of halogens is 6. The van der Waals surface area contributed by atoms with Crippen molar-refractivity contribution in [2.75, 3.05) is 23.0 Å². The normalized spacial score (nSPS) is 14.3.